The van der Waals surface area contributed by atoms with Crippen LogP contribution in [0.1, 0.15) is 48.7 Å². The molecule has 0 saturated heterocycles. The highest BCUT2D eigenvalue weighted by Crippen LogP contribution is 2.34. The molecule has 6 rings (SSSR count). The van der Waals surface area contributed by atoms with Crippen molar-refractivity contribution in [3.8, 4) is 16.8 Å². The fourth-order valence-electron chi connectivity index (χ4n) is 5.85. The van der Waals surface area contributed by atoms with Gasteiger partial charge in [0.25, 0.3) is 0 Å². The topological polar surface area (TPSA) is 161 Å². The van der Waals surface area contributed by atoms with Gasteiger partial charge in [-0.25, -0.2) is 4.79 Å². The summed E-state index contributed by atoms with van der Waals surface area (Å²) in [7, 11) is 1.33. The number of benzene rings is 2. The van der Waals surface area contributed by atoms with E-state index in [1.807, 2.05) is 48.5 Å². The third-order valence-corrected chi connectivity index (χ3v) is 8.53. The predicted molar refractivity (Wildman–Crippen MR) is 192 cm³/mol. The Morgan fingerprint density at radius 1 is 1.04 bits per heavy atom. The van der Waals surface area contributed by atoms with Crippen LogP contribution in [0.4, 0.5) is 16.2 Å². The van der Waals surface area contributed by atoms with Crippen LogP contribution < -0.4 is 21.3 Å². The first-order chi connectivity index (χ1) is 24.4. The van der Waals surface area contributed by atoms with E-state index in [9.17, 15) is 9.59 Å². The van der Waals surface area contributed by atoms with Gasteiger partial charge >= 0.3 is 6.09 Å². The van der Waals surface area contributed by atoms with Crippen LogP contribution in [0.2, 0.25) is 5.02 Å². The van der Waals surface area contributed by atoms with Crippen molar-refractivity contribution in [2.24, 2.45) is 0 Å². The molecule has 0 saturated carbocycles. The summed E-state index contributed by atoms with van der Waals surface area (Å²) in [6.45, 7) is 1.32. The zero-order valence-electron chi connectivity index (χ0n) is 27.4. The highest BCUT2D eigenvalue weighted by molar-refractivity contribution is 6.30. The highest BCUT2D eigenvalue weighted by atomic mass is 35.5. The Hall–Kier alpha value is -5.66. The summed E-state index contributed by atoms with van der Waals surface area (Å²) in [6.07, 6.45) is 11.0. The van der Waals surface area contributed by atoms with Gasteiger partial charge in [-0.3, -0.25) is 20.1 Å². The largest absolute Gasteiger partial charge is 0.453 e. The Kier molecular flexibility index (Phi) is 11.4. The maximum absolute atomic E-state index is 13.4. The Morgan fingerprint density at radius 3 is 2.76 bits per heavy atom. The zero-order valence-corrected chi connectivity index (χ0v) is 28.2. The standard InChI is InChI=1S/C36H37ClN10O3/c1-50-36(49)43-27-11-12-30-24-15-17-40-33(19-24)31(44-35(48)14-9-25-18-26(37)10-13-34(25)47-23-41-45-46-47)8-3-2-7-29(42-32(30)20-27)22-38-21-28-6-4-5-16-39-28/h4-6,9-20,23,29,31,38,42H,2-3,7-8,21-22H2,1H3,(H,43,49)(H,44,48)/b14-9+/t29-,31+/m1/s1. The molecular weight excluding hydrogens is 656 g/mol. The maximum Gasteiger partial charge on any atom is 0.411 e. The first kappa shape index (κ1) is 34.2. The highest BCUT2D eigenvalue weighted by Gasteiger charge is 2.20. The summed E-state index contributed by atoms with van der Waals surface area (Å²) >= 11 is 6.27. The number of carbonyl (C=O) groups is 2. The minimum absolute atomic E-state index is 0.0645. The van der Waals surface area contributed by atoms with Crippen LogP contribution in [-0.2, 0) is 16.1 Å². The molecule has 0 spiro atoms. The van der Waals surface area contributed by atoms with Crippen LogP contribution in [0, 0.1) is 0 Å². The lowest BCUT2D eigenvalue weighted by Crippen LogP contribution is -2.33. The molecule has 3 aromatic heterocycles. The average molecular weight is 693 g/mol. The second kappa shape index (κ2) is 16.6. The average Bonchev–Trinajstić information content (AvgIpc) is 3.67. The number of anilines is 2. The molecule has 1 aliphatic rings. The number of nitrogens with zero attached hydrogens (tertiary/aromatic N) is 6. The summed E-state index contributed by atoms with van der Waals surface area (Å²) in [5.41, 5.74) is 6.39. The number of carbonyl (C=O) groups excluding carboxylic acids is 2. The van der Waals surface area contributed by atoms with Crippen LogP contribution in [0.15, 0.2) is 91.5 Å². The van der Waals surface area contributed by atoms with Gasteiger partial charge in [-0.15, -0.1) is 5.10 Å². The lowest BCUT2D eigenvalue weighted by molar-refractivity contribution is -0.117. The number of halogens is 1. The molecular formula is C36H37ClN10O3. The van der Waals surface area contributed by atoms with Crippen molar-refractivity contribution in [2.45, 2.75) is 44.3 Å². The summed E-state index contributed by atoms with van der Waals surface area (Å²) in [4.78, 5) is 34.6. The SMILES string of the molecule is COC(=O)Nc1ccc2c(c1)N[C@@H](CNCc1ccccn1)CCCC[C@H](NC(=O)/C=C/c1cc(Cl)ccc1-n1cnnn1)c1cc-2ccn1. The lowest BCUT2D eigenvalue weighted by atomic mass is 9.96. The van der Waals surface area contributed by atoms with Crippen LogP contribution in [0.25, 0.3) is 22.9 Å². The summed E-state index contributed by atoms with van der Waals surface area (Å²) in [5.74, 6) is -0.269. The number of nitrogens with one attached hydrogen (secondary N) is 4. The number of ether oxygens (including phenoxy) is 1. The molecule has 256 valence electrons. The number of amides is 2. The van der Waals surface area contributed by atoms with E-state index in [0.29, 0.717) is 41.5 Å². The fraction of sp³-hybridized carbons (Fsp3) is 0.250. The van der Waals surface area contributed by atoms with Gasteiger partial charge in [-0.2, -0.15) is 4.68 Å². The molecule has 13 nitrogen and oxygen atoms in total. The third kappa shape index (κ3) is 9.07. The van der Waals surface area contributed by atoms with Crippen molar-refractivity contribution in [2.75, 3.05) is 24.3 Å². The Balaban J connectivity index is 1.25. The smallest absolute Gasteiger partial charge is 0.411 e. The van der Waals surface area contributed by atoms with E-state index in [1.54, 1.807) is 36.7 Å². The van der Waals surface area contributed by atoms with Crippen LogP contribution in [0.5, 0.6) is 0 Å². The number of rotatable bonds is 9. The second-order valence-electron chi connectivity index (χ2n) is 11.8. The normalized spacial score (nSPS) is 16.0. The van der Waals surface area contributed by atoms with Crippen molar-refractivity contribution in [1.82, 2.24) is 40.8 Å². The predicted octanol–water partition coefficient (Wildman–Crippen LogP) is 5.97. The molecule has 0 unspecified atom stereocenters. The van der Waals surface area contributed by atoms with Gasteiger partial charge in [-0.05, 0) is 89.5 Å². The number of fused-ring (bicyclic) bond motifs is 4. The molecule has 2 aromatic carbocycles. The molecule has 0 aliphatic carbocycles. The quantitative estimate of drug-likeness (QED) is 0.136. The van der Waals surface area contributed by atoms with Gasteiger partial charge in [0.05, 0.1) is 30.2 Å². The van der Waals surface area contributed by atoms with Crippen molar-refractivity contribution >= 4 is 41.1 Å². The molecule has 2 amide bonds. The Morgan fingerprint density at radius 2 is 1.94 bits per heavy atom. The van der Waals surface area contributed by atoms with E-state index in [-0.39, 0.29) is 18.0 Å². The van der Waals surface area contributed by atoms with E-state index in [4.69, 9.17) is 16.3 Å². The van der Waals surface area contributed by atoms with Gasteiger partial charge < -0.3 is 20.7 Å². The first-order valence-electron chi connectivity index (χ1n) is 16.3. The minimum atomic E-state index is -0.549. The molecule has 4 heterocycles. The monoisotopic (exact) mass is 692 g/mol. The second-order valence-corrected chi connectivity index (χ2v) is 12.2. The number of pyridine rings is 2. The van der Waals surface area contributed by atoms with Gasteiger partial charge in [0.1, 0.15) is 6.33 Å². The summed E-state index contributed by atoms with van der Waals surface area (Å²) < 4.78 is 6.34. The minimum Gasteiger partial charge on any atom is -0.453 e. The number of hydrogen-bond acceptors (Lipinski definition) is 10. The lowest BCUT2D eigenvalue weighted by Gasteiger charge is -2.25. The van der Waals surface area contributed by atoms with Gasteiger partial charge in [0, 0.05) is 65.1 Å². The van der Waals surface area contributed by atoms with E-state index in [0.717, 1.165) is 47.5 Å². The molecule has 0 radical (unpaired) electrons. The molecule has 2 atom stereocenters. The van der Waals surface area contributed by atoms with E-state index < -0.39 is 6.09 Å². The summed E-state index contributed by atoms with van der Waals surface area (Å²) in [6, 6.07) is 20.5. The van der Waals surface area contributed by atoms with E-state index >= 15 is 0 Å². The van der Waals surface area contributed by atoms with Gasteiger partial charge in [0.15, 0.2) is 0 Å². The molecule has 5 aromatic rings. The van der Waals surface area contributed by atoms with E-state index in [2.05, 4.69) is 46.8 Å². The van der Waals surface area contributed by atoms with Crippen LogP contribution in [0.3, 0.4) is 0 Å². The van der Waals surface area contributed by atoms with Crippen molar-refractivity contribution in [3.63, 3.8) is 0 Å². The molecule has 4 N–H and O–H groups in total. The third-order valence-electron chi connectivity index (χ3n) is 8.29. The number of methoxy groups -OCH3 is 1. The van der Waals surface area contributed by atoms with E-state index in [1.165, 1.54) is 24.2 Å². The van der Waals surface area contributed by atoms with Crippen LogP contribution >= 0.6 is 11.6 Å². The van der Waals surface area contributed by atoms with Crippen molar-refractivity contribution in [3.05, 3.63) is 114 Å². The number of aromatic nitrogens is 6. The number of hydrogen-bond donors (Lipinski definition) is 4. The van der Waals surface area contributed by atoms with Gasteiger partial charge in [-0.1, -0.05) is 36.6 Å². The maximum atomic E-state index is 13.4. The molecule has 50 heavy (non-hydrogen) atoms. The molecule has 2 bridgehead atoms. The molecule has 1 aliphatic heterocycles. The van der Waals surface area contributed by atoms with Crippen molar-refractivity contribution < 1.29 is 14.3 Å². The van der Waals surface area contributed by atoms with Crippen molar-refractivity contribution in [1.29, 1.82) is 0 Å². The molecule has 14 heteroatoms. The zero-order chi connectivity index (χ0) is 34.7. The fourth-order valence-corrected chi connectivity index (χ4v) is 6.03. The molecule has 0 fully saturated rings. The Labute approximate surface area is 294 Å². The number of tetrazole rings is 1. The first-order valence-corrected chi connectivity index (χ1v) is 16.7. The Bertz CT molecular complexity index is 1940. The van der Waals surface area contributed by atoms with Gasteiger partial charge in [0.2, 0.25) is 5.91 Å². The summed E-state index contributed by atoms with van der Waals surface area (Å²) in [5, 5.41) is 25.2. The van der Waals surface area contributed by atoms with Crippen LogP contribution in [-0.4, -0.2) is 61.9 Å².